The van der Waals surface area contributed by atoms with E-state index in [1.54, 1.807) is 37.4 Å². The molecular formula is C13H13FN2O. The quantitative estimate of drug-likeness (QED) is 0.855. The monoisotopic (exact) mass is 232 g/mol. The topological polar surface area (TPSA) is 48.0 Å². The van der Waals surface area contributed by atoms with Gasteiger partial charge in [0.25, 0.3) is 5.56 Å². The minimum atomic E-state index is -0.344. The first-order valence-electron chi connectivity index (χ1n) is 5.29. The fraction of sp³-hybridized carbons (Fsp3) is 0.154. The van der Waals surface area contributed by atoms with Crippen LogP contribution in [0.5, 0.6) is 0 Å². The Bertz CT molecular complexity index is 605. The highest BCUT2D eigenvalue weighted by Crippen LogP contribution is 2.20. The first-order valence-corrected chi connectivity index (χ1v) is 5.29. The molecule has 0 saturated heterocycles. The lowest BCUT2D eigenvalue weighted by Crippen LogP contribution is -2.24. The average Bonchev–Trinajstić information content (AvgIpc) is 2.34. The predicted molar refractivity (Wildman–Crippen MR) is 65.0 cm³/mol. The Morgan fingerprint density at radius 2 is 1.94 bits per heavy atom. The summed E-state index contributed by atoms with van der Waals surface area (Å²) in [5.74, 6) is -0.344. The lowest BCUT2D eigenvalue weighted by molar-refractivity contribution is 0.629. The molecule has 2 aromatic rings. The van der Waals surface area contributed by atoms with Crippen molar-refractivity contribution in [2.24, 2.45) is 12.8 Å². The lowest BCUT2D eigenvalue weighted by atomic mass is 10.1. The Hall–Kier alpha value is -1.94. The van der Waals surface area contributed by atoms with Gasteiger partial charge in [0.2, 0.25) is 0 Å². The van der Waals surface area contributed by atoms with Gasteiger partial charge in [-0.3, -0.25) is 4.79 Å². The van der Waals surface area contributed by atoms with E-state index in [1.807, 2.05) is 0 Å². The maximum Gasteiger partial charge on any atom is 0.255 e. The molecule has 2 rings (SSSR count). The van der Waals surface area contributed by atoms with Crippen molar-refractivity contribution in [1.29, 1.82) is 0 Å². The van der Waals surface area contributed by atoms with Crippen molar-refractivity contribution in [3.63, 3.8) is 0 Å². The second kappa shape index (κ2) is 4.51. The zero-order valence-electron chi connectivity index (χ0n) is 9.48. The van der Waals surface area contributed by atoms with Crippen LogP contribution in [0.25, 0.3) is 11.3 Å². The van der Waals surface area contributed by atoms with Crippen LogP contribution in [0.3, 0.4) is 0 Å². The van der Waals surface area contributed by atoms with Crippen molar-refractivity contribution in [2.45, 2.75) is 6.54 Å². The third-order valence-corrected chi connectivity index (χ3v) is 2.75. The second-order valence-electron chi connectivity index (χ2n) is 3.79. The van der Waals surface area contributed by atoms with Crippen LogP contribution in [-0.4, -0.2) is 4.57 Å². The summed E-state index contributed by atoms with van der Waals surface area (Å²) in [4.78, 5) is 11.9. The van der Waals surface area contributed by atoms with Gasteiger partial charge < -0.3 is 10.3 Å². The Kier molecular flexibility index (Phi) is 3.06. The van der Waals surface area contributed by atoms with Crippen LogP contribution >= 0.6 is 0 Å². The Balaban J connectivity index is 2.66. The molecule has 0 spiro atoms. The number of pyridine rings is 1. The summed E-state index contributed by atoms with van der Waals surface area (Å²) in [7, 11) is 1.61. The fourth-order valence-corrected chi connectivity index (χ4v) is 1.78. The van der Waals surface area contributed by atoms with Crippen LogP contribution in [0.2, 0.25) is 0 Å². The van der Waals surface area contributed by atoms with Crippen LogP contribution in [0.4, 0.5) is 4.39 Å². The molecule has 0 radical (unpaired) electrons. The molecule has 88 valence electrons. The molecule has 1 aromatic heterocycles. The van der Waals surface area contributed by atoms with E-state index in [1.165, 1.54) is 10.6 Å². The summed E-state index contributed by atoms with van der Waals surface area (Å²) in [6.45, 7) is 0.185. The summed E-state index contributed by atoms with van der Waals surface area (Å²) in [6, 6.07) is 9.72. The van der Waals surface area contributed by atoms with E-state index >= 15 is 0 Å². The maximum absolute atomic E-state index is 13.6. The largest absolute Gasteiger partial charge is 0.326 e. The smallest absolute Gasteiger partial charge is 0.255 e. The van der Waals surface area contributed by atoms with Crippen molar-refractivity contribution in [3.8, 4) is 11.3 Å². The first-order chi connectivity index (χ1) is 8.15. The van der Waals surface area contributed by atoms with Crippen molar-refractivity contribution in [3.05, 3.63) is 58.1 Å². The normalized spacial score (nSPS) is 10.5. The van der Waals surface area contributed by atoms with E-state index in [4.69, 9.17) is 5.73 Å². The molecule has 0 unspecified atom stereocenters. The average molecular weight is 232 g/mol. The Labute approximate surface area is 98.3 Å². The summed E-state index contributed by atoms with van der Waals surface area (Å²) < 4.78 is 15.0. The molecule has 0 aliphatic rings. The zero-order chi connectivity index (χ0) is 12.4. The standard InChI is InChI=1S/C13H13FN2O/c1-16-12(7-6-9(8-15)13(16)17)10-4-2-3-5-11(10)14/h2-7H,8,15H2,1H3. The van der Waals surface area contributed by atoms with Crippen molar-refractivity contribution in [1.82, 2.24) is 4.57 Å². The number of aromatic nitrogens is 1. The number of hydrogen-bond acceptors (Lipinski definition) is 2. The SMILES string of the molecule is Cn1c(-c2ccccc2F)ccc(CN)c1=O. The summed E-state index contributed by atoms with van der Waals surface area (Å²) >= 11 is 0. The van der Waals surface area contributed by atoms with Crippen LogP contribution in [0, 0.1) is 5.82 Å². The van der Waals surface area contributed by atoms with Crippen LogP contribution in [0.15, 0.2) is 41.2 Å². The predicted octanol–water partition coefficient (Wildman–Crippen LogP) is 1.65. The molecule has 4 heteroatoms. The first kappa shape index (κ1) is 11.5. The molecule has 3 nitrogen and oxygen atoms in total. The number of benzene rings is 1. The number of nitrogens with two attached hydrogens (primary N) is 1. The highest BCUT2D eigenvalue weighted by Gasteiger charge is 2.09. The summed E-state index contributed by atoms with van der Waals surface area (Å²) in [6.07, 6.45) is 0. The van der Waals surface area contributed by atoms with E-state index in [9.17, 15) is 9.18 Å². The minimum Gasteiger partial charge on any atom is -0.326 e. The molecule has 1 heterocycles. The Morgan fingerprint density at radius 3 is 2.59 bits per heavy atom. The number of halogens is 1. The molecule has 0 saturated carbocycles. The van der Waals surface area contributed by atoms with E-state index in [0.717, 1.165) is 0 Å². The third kappa shape index (κ3) is 1.99. The van der Waals surface area contributed by atoms with Crippen LogP contribution in [-0.2, 0) is 13.6 Å². The molecule has 0 aliphatic carbocycles. The van der Waals surface area contributed by atoms with Gasteiger partial charge in [0.05, 0.1) is 5.69 Å². The van der Waals surface area contributed by atoms with E-state index in [0.29, 0.717) is 16.8 Å². The van der Waals surface area contributed by atoms with Gasteiger partial charge in [-0.15, -0.1) is 0 Å². The van der Waals surface area contributed by atoms with Gasteiger partial charge in [0.15, 0.2) is 0 Å². The van der Waals surface area contributed by atoms with Crippen LogP contribution < -0.4 is 11.3 Å². The van der Waals surface area contributed by atoms with Crippen LogP contribution in [0.1, 0.15) is 5.56 Å². The van der Waals surface area contributed by atoms with Gasteiger partial charge in [0.1, 0.15) is 5.82 Å². The summed E-state index contributed by atoms with van der Waals surface area (Å²) in [5, 5.41) is 0. The molecular weight excluding hydrogens is 219 g/mol. The number of hydrogen-bond donors (Lipinski definition) is 1. The minimum absolute atomic E-state index is 0.185. The molecule has 0 aliphatic heterocycles. The van der Waals surface area contributed by atoms with Gasteiger partial charge in [-0.2, -0.15) is 0 Å². The molecule has 17 heavy (non-hydrogen) atoms. The third-order valence-electron chi connectivity index (χ3n) is 2.75. The molecule has 0 bridgehead atoms. The summed E-state index contributed by atoms with van der Waals surface area (Å²) in [5.41, 5.74) is 6.74. The molecule has 2 N–H and O–H groups in total. The maximum atomic E-state index is 13.6. The van der Waals surface area contributed by atoms with Crippen molar-refractivity contribution < 1.29 is 4.39 Å². The molecule has 0 fully saturated rings. The zero-order valence-corrected chi connectivity index (χ0v) is 9.48. The highest BCUT2D eigenvalue weighted by atomic mass is 19.1. The molecule has 0 amide bonds. The van der Waals surface area contributed by atoms with Gasteiger partial charge in [-0.1, -0.05) is 18.2 Å². The molecule has 0 atom stereocenters. The van der Waals surface area contributed by atoms with Gasteiger partial charge >= 0.3 is 0 Å². The van der Waals surface area contributed by atoms with Gasteiger partial charge in [0, 0.05) is 24.7 Å². The fourth-order valence-electron chi connectivity index (χ4n) is 1.78. The van der Waals surface area contributed by atoms with E-state index < -0.39 is 0 Å². The van der Waals surface area contributed by atoms with Crippen molar-refractivity contribution in [2.75, 3.05) is 0 Å². The number of rotatable bonds is 2. The number of nitrogens with zero attached hydrogens (tertiary/aromatic N) is 1. The highest BCUT2D eigenvalue weighted by molar-refractivity contribution is 5.60. The van der Waals surface area contributed by atoms with E-state index in [2.05, 4.69) is 0 Å². The van der Waals surface area contributed by atoms with E-state index in [-0.39, 0.29) is 17.9 Å². The molecule has 1 aromatic carbocycles. The van der Waals surface area contributed by atoms with Crippen molar-refractivity contribution >= 4 is 0 Å². The van der Waals surface area contributed by atoms with Gasteiger partial charge in [-0.25, -0.2) is 4.39 Å². The lowest BCUT2D eigenvalue weighted by Gasteiger charge is -2.10. The second-order valence-corrected chi connectivity index (χ2v) is 3.79. The Morgan fingerprint density at radius 1 is 1.24 bits per heavy atom. The van der Waals surface area contributed by atoms with Gasteiger partial charge in [-0.05, 0) is 18.2 Å².